The number of carbonyl (C=O) groups is 3. The number of urea groups is 1. The number of anilines is 1. The molecular formula is C24H24N4O4. The second-order valence-corrected chi connectivity index (χ2v) is 8.15. The van der Waals surface area contributed by atoms with Crippen LogP contribution in [0, 0.1) is 0 Å². The normalized spacial score (nSPS) is 20.2. The lowest BCUT2D eigenvalue weighted by Gasteiger charge is -2.24. The molecule has 2 heterocycles. The quantitative estimate of drug-likeness (QED) is 0.539. The number of para-hydroxylation sites is 1. The molecule has 1 aliphatic heterocycles. The molecule has 3 aromatic rings. The average Bonchev–Trinajstić information content (AvgIpc) is 3.31. The third-order valence-corrected chi connectivity index (χ3v) is 6.19. The Labute approximate surface area is 184 Å². The van der Waals surface area contributed by atoms with E-state index in [9.17, 15) is 14.4 Å². The van der Waals surface area contributed by atoms with Crippen molar-refractivity contribution in [2.75, 3.05) is 12.0 Å². The second kappa shape index (κ2) is 8.03. The van der Waals surface area contributed by atoms with Crippen LogP contribution in [0.5, 0.6) is 5.75 Å². The molecule has 3 N–H and O–H groups in total. The Morgan fingerprint density at radius 1 is 1.16 bits per heavy atom. The minimum Gasteiger partial charge on any atom is -0.497 e. The molecule has 8 heteroatoms. The maximum atomic E-state index is 12.8. The van der Waals surface area contributed by atoms with Gasteiger partial charge in [-0.3, -0.25) is 9.59 Å². The summed E-state index contributed by atoms with van der Waals surface area (Å²) in [4.78, 5) is 42.6. The highest BCUT2D eigenvalue weighted by Gasteiger charge is 2.40. The zero-order chi connectivity index (χ0) is 22.2. The average molecular weight is 432 g/mol. The van der Waals surface area contributed by atoms with Crippen LogP contribution in [0.4, 0.5) is 10.5 Å². The van der Waals surface area contributed by atoms with Gasteiger partial charge in [0.1, 0.15) is 11.8 Å². The first kappa shape index (κ1) is 20.1. The van der Waals surface area contributed by atoms with Gasteiger partial charge in [-0.2, -0.15) is 0 Å². The second-order valence-electron chi connectivity index (χ2n) is 8.15. The van der Waals surface area contributed by atoms with Gasteiger partial charge in [0.25, 0.3) is 5.91 Å². The first-order valence-electron chi connectivity index (χ1n) is 10.7. The first-order chi connectivity index (χ1) is 15.5. The minimum atomic E-state index is -0.893. The van der Waals surface area contributed by atoms with Crippen LogP contribution < -0.4 is 20.3 Å². The smallest absolute Gasteiger partial charge is 0.329 e. The molecule has 0 spiro atoms. The molecule has 32 heavy (non-hydrogen) atoms. The number of carbonyl (C=O) groups excluding carboxylic acids is 3. The van der Waals surface area contributed by atoms with Crippen LogP contribution in [-0.4, -0.2) is 36.0 Å². The van der Waals surface area contributed by atoms with Crippen molar-refractivity contribution in [2.24, 2.45) is 0 Å². The highest BCUT2D eigenvalue weighted by atomic mass is 16.5. The highest BCUT2D eigenvalue weighted by molar-refractivity contribution is 6.22. The summed E-state index contributed by atoms with van der Waals surface area (Å²) in [6.07, 6.45) is 2.67. The van der Waals surface area contributed by atoms with Crippen molar-refractivity contribution in [1.82, 2.24) is 15.6 Å². The van der Waals surface area contributed by atoms with Gasteiger partial charge in [0, 0.05) is 16.6 Å². The molecule has 1 fully saturated rings. The van der Waals surface area contributed by atoms with E-state index in [2.05, 4.69) is 21.7 Å². The molecule has 5 rings (SSSR count). The van der Waals surface area contributed by atoms with Crippen molar-refractivity contribution in [2.45, 2.75) is 37.8 Å². The summed E-state index contributed by atoms with van der Waals surface area (Å²) in [5.74, 6) is -0.0810. The van der Waals surface area contributed by atoms with E-state index in [0.717, 1.165) is 35.4 Å². The number of aryl methyl sites for hydroxylation is 1. The van der Waals surface area contributed by atoms with E-state index >= 15 is 0 Å². The van der Waals surface area contributed by atoms with Crippen molar-refractivity contribution in [3.8, 4) is 5.75 Å². The number of nitrogens with one attached hydrogen (secondary N) is 3. The predicted molar refractivity (Wildman–Crippen MR) is 120 cm³/mol. The number of hydrogen-bond acceptors (Lipinski definition) is 4. The zero-order valence-electron chi connectivity index (χ0n) is 17.7. The predicted octanol–water partition coefficient (Wildman–Crippen LogP) is 3.19. The SMILES string of the molecule is COc1ccc(N2C(=O)N[C@@H](CC(=O)N[C@H]3CCCc4c3[nH]c3ccccc43)C2=O)cc1. The monoisotopic (exact) mass is 432 g/mol. The maximum Gasteiger partial charge on any atom is 0.329 e. The molecule has 2 aliphatic rings. The summed E-state index contributed by atoms with van der Waals surface area (Å²) in [7, 11) is 1.54. The summed E-state index contributed by atoms with van der Waals surface area (Å²) in [5, 5.41) is 6.88. The van der Waals surface area contributed by atoms with E-state index in [0.29, 0.717) is 11.4 Å². The van der Waals surface area contributed by atoms with Gasteiger partial charge in [0.05, 0.1) is 25.3 Å². The molecule has 1 saturated heterocycles. The number of benzene rings is 2. The van der Waals surface area contributed by atoms with Crippen LogP contribution in [0.3, 0.4) is 0 Å². The molecule has 0 bridgehead atoms. The fraction of sp³-hybridized carbons (Fsp3) is 0.292. The molecule has 1 aliphatic carbocycles. The summed E-state index contributed by atoms with van der Waals surface area (Å²) in [6, 6.07) is 13.2. The Morgan fingerprint density at radius 2 is 1.94 bits per heavy atom. The number of aromatic amines is 1. The molecule has 1 aromatic heterocycles. The number of ether oxygens (including phenoxy) is 1. The van der Waals surface area contributed by atoms with Crippen LogP contribution in [-0.2, 0) is 16.0 Å². The number of imide groups is 1. The summed E-state index contributed by atoms with van der Waals surface area (Å²) < 4.78 is 5.12. The van der Waals surface area contributed by atoms with Crippen molar-refractivity contribution in [1.29, 1.82) is 0 Å². The summed E-state index contributed by atoms with van der Waals surface area (Å²) in [5.41, 5.74) is 3.78. The molecule has 0 radical (unpaired) electrons. The lowest BCUT2D eigenvalue weighted by molar-refractivity contribution is -0.126. The van der Waals surface area contributed by atoms with E-state index in [4.69, 9.17) is 4.74 Å². The van der Waals surface area contributed by atoms with Crippen LogP contribution in [0.2, 0.25) is 0 Å². The largest absolute Gasteiger partial charge is 0.497 e. The Hall–Kier alpha value is -3.81. The minimum absolute atomic E-state index is 0.108. The van der Waals surface area contributed by atoms with Gasteiger partial charge >= 0.3 is 6.03 Å². The molecular weight excluding hydrogens is 408 g/mol. The number of H-pyrrole nitrogens is 1. The first-order valence-corrected chi connectivity index (χ1v) is 10.7. The lowest BCUT2D eigenvalue weighted by atomic mass is 9.91. The Bertz CT molecular complexity index is 1200. The van der Waals surface area contributed by atoms with E-state index in [1.807, 2.05) is 18.2 Å². The van der Waals surface area contributed by atoms with Gasteiger partial charge < -0.3 is 20.4 Å². The number of fused-ring (bicyclic) bond motifs is 3. The Balaban J connectivity index is 1.28. The maximum absolute atomic E-state index is 12.8. The zero-order valence-corrected chi connectivity index (χ0v) is 17.7. The third-order valence-electron chi connectivity index (χ3n) is 6.19. The number of amides is 4. The Morgan fingerprint density at radius 3 is 2.72 bits per heavy atom. The molecule has 4 amide bonds. The number of nitrogens with zero attached hydrogens (tertiary/aromatic N) is 1. The number of aromatic nitrogens is 1. The van der Waals surface area contributed by atoms with Gasteiger partial charge in [0.2, 0.25) is 5.91 Å². The van der Waals surface area contributed by atoms with E-state index in [1.54, 1.807) is 31.4 Å². The summed E-state index contributed by atoms with van der Waals surface area (Å²) in [6.45, 7) is 0. The molecule has 2 aromatic carbocycles. The van der Waals surface area contributed by atoms with Crippen LogP contribution in [0.25, 0.3) is 10.9 Å². The van der Waals surface area contributed by atoms with Gasteiger partial charge in [-0.25, -0.2) is 9.69 Å². The third kappa shape index (κ3) is 3.47. The summed E-state index contributed by atoms with van der Waals surface area (Å²) >= 11 is 0. The van der Waals surface area contributed by atoms with E-state index < -0.39 is 18.0 Å². The fourth-order valence-corrected chi connectivity index (χ4v) is 4.64. The van der Waals surface area contributed by atoms with Gasteiger partial charge in [-0.05, 0) is 55.2 Å². The van der Waals surface area contributed by atoms with Crippen LogP contribution in [0.15, 0.2) is 48.5 Å². The van der Waals surface area contributed by atoms with Crippen molar-refractivity contribution < 1.29 is 19.1 Å². The van der Waals surface area contributed by atoms with Crippen molar-refractivity contribution >= 4 is 34.4 Å². The number of hydrogen-bond donors (Lipinski definition) is 3. The van der Waals surface area contributed by atoms with Gasteiger partial charge in [0.15, 0.2) is 0 Å². The lowest BCUT2D eigenvalue weighted by Crippen LogP contribution is -2.38. The topological polar surface area (TPSA) is 104 Å². The van der Waals surface area contributed by atoms with E-state index in [1.165, 1.54) is 10.9 Å². The van der Waals surface area contributed by atoms with Crippen LogP contribution in [0.1, 0.15) is 36.6 Å². The molecule has 0 saturated carbocycles. The fourth-order valence-electron chi connectivity index (χ4n) is 4.64. The number of rotatable bonds is 5. The van der Waals surface area contributed by atoms with Crippen molar-refractivity contribution in [3.63, 3.8) is 0 Å². The molecule has 8 nitrogen and oxygen atoms in total. The van der Waals surface area contributed by atoms with Gasteiger partial charge in [-0.15, -0.1) is 0 Å². The number of methoxy groups -OCH3 is 1. The van der Waals surface area contributed by atoms with Crippen LogP contribution >= 0.6 is 0 Å². The van der Waals surface area contributed by atoms with Gasteiger partial charge in [-0.1, -0.05) is 18.2 Å². The molecule has 0 unspecified atom stereocenters. The van der Waals surface area contributed by atoms with E-state index in [-0.39, 0.29) is 18.4 Å². The molecule has 2 atom stereocenters. The van der Waals surface area contributed by atoms with Crippen molar-refractivity contribution in [3.05, 3.63) is 59.8 Å². The standard InChI is InChI=1S/C24H24N4O4/c1-32-15-11-9-14(10-12-15)28-23(30)20(27-24(28)31)13-21(29)25-19-8-4-6-17-16-5-2-3-7-18(16)26-22(17)19/h2-3,5,7,9-12,19-20,26H,4,6,8,13H2,1H3,(H,25,29)(H,27,31)/t19-,20-/m0/s1. The highest BCUT2D eigenvalue weighted by Crippen LogP contribution is 2.34. The Kier molecular flexibility index (Phi) is 5.05. The molecule has 164 valence electrons.